The molecule has 0 fully saturated rings. The lowest BCUT2D eigenvalue weighted by Crippen LogP contribution is -1.98. The molecule has 1 aromatic heterocycles. The minimum atomic E-state index is 0.745. The lowest BCUT2D eigenvalue weighted by atomic mass is 10.1. The average Bonchev–Trinajstić information content (AvgIpc) is 2.30. The summed E-state index contributed by atoms with van der Waals surface area (Å²) in [6, 6.07) is 8.24. The van der Waals surface area contributed by atoms with Crippen molar-refractivity contribution in [3.8, 4) is 0 Å². The zero-order valence-corrected chi connectivity index (χ0v) is 12.4. The van der Waals surface area contributed by atoms with Crippen LogP contribution in [0.1, 0.15) is 23.9 Å². The first-order valence-corrected chi connectivity index (χ1v) is 6.75. The minimum absolute atomic E-state index is 0.745. The molecule has 0 unspecified atom stereocenters. The molecular weight excluding hydrogens is 290 g/mol. The van der Waals surface area contributed by atoms with Gasteiger partial charge in [0.15, 0.2) is 0 Å². The van der Waals surface area contributed by atoms with Crippen molar-refractivity contribution in [1.82, 2.24) is 9.97 Å². The molecule has 0 amide bonds. The molecule has 18 heavy (non-hydrogen) atoms. The number of halogens is 1. The molecule has 0 saturated heterocycles. The van der Waals surface area contributed by atoms with E-state index >= 15 is 0 Å². The maximum atomic E-state index is 4.35. The summed E-state index contributed by atoms with van der Waals surface area (Å²) < 4.78 is 0.792. The highest BCUT2D eigenvalue weighted by atomic mass is 79.9. The highest BCUT2D eigenvalue weighted by molar-refractivity contribution is 9.10. The first kappa shape index (κ1) is 13.0. The Morgan fingerprint density at radius 1 is 1.17 bits per heavy atom. The molecule has 0 aliphatic rings. The monoisotopic (exact) mass is 305 g/mol. The van der Waals surface area contributed by atoms with Gasteiger partial charge in [-0.15, -0.1) is 0 Å². The van der Waals surface area contributed by atoms with Crippen LogP contribution in [0.3, 0.4) is 0 Å². The number of anilines is 2. The standard InChI is InChI=1S/C14H16BrN3/c1-4-11-7-12(6-5-9(11)2)18-14-8-13(15)16-10(3)17-14/h5-8H,4H2,1-3H3,(H,16,17,18). The van der Waals surface area contributed by atoms with Gasteiger partial charge in [-0.1, -0.05) is 13.0 Å². The molecular formula is C14H16BrN3. The Balaban J connectivity index is 2.28. The van der Waals surface area contributed by atoms with Gasteiger partial charge in [-0.05, 0) is 59.5 Å². The third kappa shape index (κ3) is 3.07. The van der Waals surface area contributed by atoms with E-state index in [1.165, 1.54) is 11.1 Å². The van der Waals surface area contributed by atoms with Crippen LogP contribution < -0.4 is 5.32 Å². The zero-order chi connectivity index (χ0) is 13.1. The lowest BCUT2D eigenvalue weighted by molar-refractivity contribution is 1.04. The van der Waals surface area contributed by atoms with Crippen LogP contribution in [0.4, 0.5) is 11.5 Å². The summed E-state index contributed by atoms with van der Waals surface area (Å²) in [7, 11) is 0. The van der Waals surface area contributed by atoms with Crippen molar-refractivity contribution in [3.05, 3.63) is 45.8 Å². The van der Waals surface area contributed by atoms with E-state index in [2.05, 4.69) is 63.3 Å². The van der Waals surface area contributed by atoms with Gasteiger partial charge in [-0.25, -0.2) is 9.97 Å². The minimum Gasteiger partial charge on any atom is -0.340 e. The van der Waals surface area contributed by atoms with E-state index in [1.807, 2.05) is 13.0 Å². The molecule has 2 rings (SSSR count). The predicted molar refractivity (Wildman–Crippen MR) is 78.3 cm³/mol. The van der Waals surface area contributed by atoms with Crippen LogP contribution in [0.25, 0.3) is 0 Å². The third-order valence-electron chi connectivity index (χ3n) is 2.81. The Labute approximate surface area is 116 Å². The molecule has 1 aromatic carbocycles. The Morgan fingerprint density at radius 3 is 2.61 bits per heavy atom. The number of nitrogens with one attached hydrogen (secondary N) is 1. The second-order valence-electron chi connectivity index (χ2n) is 4.24. The second kappa shape index (κ2) is 5.48. The number of rotatable bonds is 3. The molecule has 3 nitrogen and oxygen atoms in total. The van der Waals surface area contributed by atoms with E-state index in [4.69, 9.17) is 0 Å². The van der Waals surface area contributed by atoms with Gasteiger partial charge in [0.05, 0.1) is 0 Å². The van der Waals surface area contributed by atoms with Crippen LogP contribution in [0.5, 0.6) is 0 Å². The van der Waals surface area contributed by atoms with Crippen LogP contribution in [-0.2, 0) is 6.42 Å². The normalized spacial score (nSPS) is 10.4. The number of hydrogen-bond acceptors (Lipinski definition) is 3. The van der Waals surface area contributed by atoms with Crippen LogP contribution in [0, 0.1) is 13.8 Å². The molecule has 0 radical (unpaired) electrons. The van der Waals surface area contributed by atoms with Crippen molar-refractivity contribution in [2.45, 2.75) is 27.2 Å². The Bertz CT molecular complexity index is 547. The SMILES string of the molecule is CCc1cc(Nc2cc(Br)nc(C)n2)ccc1C. The topological polar surface area (TPSA) is 37.8 Å². The van der Waals surface area contributed by atoms with E-state index in [0.717, 1.165) is 28.4 Å². The van der Waals surface area contributed by atoms with Crippen LogP contribution >= 0.6 is 15.9 Å². The number of benzene rings is 1. The Kier molecular flexibility index (Phi) is 3.97. The van der Waals surface area contributed by atoms with E-state index in [-0.39, 0.29) is 0 Å². The fourth-order valence-electron chi connectivity index (χ4n) is 1.87. The molecule has 0 aliphatic heterocycles. The first-order chi connectivity index (χ1) is 8.58. The van der Waals surface area contributed by atoms with Crippen molar-refractivity contribution in [3.63, 3.8) is 0 Å². The van der Waals surface area contributed by atoms with E-state index in [1.54, 1.807) is 0 Å². The molecule has 94 valence electrons. The second-order valence-corrected chi connectivity index (χ2v) is 5.06. The van der Waals surface area contributed by atoms with Crippen LogP contribution in [0.15, 0.2) is 28.9 Å². The number of aryl methyl sites for hydroxylation is 3. The van der Waals surface area contributed by atoms with Gasteiger partial charge in [0.25, 0.3) is 0 Å². The summed E-state index contributed by atoms with van der Waals surface area (Å²) >= 11 is 3.37. The highest BCUT2D eigenvalue weighted by Gasteiger charge is 2.02. The lowest BCUT2D eigenvalue weighted by Gasteiger charge is -2.10. The molecule has 0 atom stereocenters. The third-order valence-corrected chi connectivity index (χ3v) is 3.22. The molecule has 1 heterocycles. The van der Waals surface area contributed by atoms with Gasteiger partial charge in [0.2, 0.25) is 0 Å². The first-order valence-electron chi connectivity index (χ1n) is 5.96. The fraction of sp³-hybridized carbons (Fsp3) is 0.286. The van der Waals surface area contributed by atoms with Crippen LogP contribution in [-0.4, -0.2) is 9.97 Å². The smallest absolute Gasteiger partial charge is 0.135 e. The molecule has 4 heteroatoms. The summed E-state index contributed by atoms with van der Waals surface area (Å²) in [6.07, 6.45) is 1.04. The van der Waals surface area contributed by atoms with Gasteiger partial charge >= 0.3 is 0 Å². The van der Waals surface area contributed by atoms with Gasteiger partial charge in [0, 0.05) is 11.8 Å². The molecule has 0 bridgehead atoms. The van der Waals surface area contributed by atoms with Gasteiger partial charge in [-0.2, -0.15) is 0 Å². The molecule has 0 saturated carbocycles. The van der Waals surface area contributed by atoms with Crippen molar-refractivity contribution in [2.75, 3.05) is 5.32 Å². The van der Waals surface area contributed by atoms with Crippen molar-refractivity contribution in [1.29, 1.82) is 0 Å². The molecule has 0 aliphatic carbocycles. The Morgan fingerprint density at radius 2 is 1.94 bits per heavy atom. The number of nitrogens with zero attached hydrogens (tertiary/aromatic N) is 2. The highest BCUT2D eigenvalue weighted by Crippen LogP contribution is 2.20. The van der Waals surface area contributed by atoms with Crippen molar-refractivity contribution < 1.29 is 0 Å². The summed E-state index contributed by atoms with van der Waals surface area (Å²) in [5.41, 5.74) is 3.73. The van der Waals surface area contributed by atoms with Crippen molar-refractivity contribution >= 4 is 27.4 Å². The summed E-state index contributed by atoms with van der Waals surface area (Å²) in [5, 5.41) is 3.31. The maximum Gasteiger partial charge on any atom is 0.135 e. The fourth-order valence-corrected chi connectivity index (χ4v) is 2.35. The van der Waals surface area contributed by atoms with Gasteiger partial charge in [0.1, 0.15) is 16.2 Å². The van der Waals surface area contributed by atoms with E-state index < -0.39 is 0 Å². The van der Waals surface area contributed by atoms with E-state index in [0.29, 0.717) is 0 Å². The number of aromatic nitrogens is 2. The molecule has 2 aromatic rings. The molecule has 0 spiro atoms. The zero-order valence-electron chi connectivity index (χ0n) is 10.8. The van der Waals surface area contributed by atoms with Gasteiger partial charge in [-0.3, -0.25) is 0 Å². The van der Waals surface area contributed by atoms with Crippen molar-refractivity contribution in [2.24, 2.45) is 0 Å². The summed E-state index contributed by atoms with van der Waals surface area (Å²) in [5.74, 6) is 1.55. The number of hydrogen-bond donors (Lipinski definition) is 1. The Hall–Kier alpha value is -1.42. The largest absolute Gasteiger partial charge is 0.340 e. The maximum absolute atomic E-state index is 4.35. The molecule has 1 N–H and O–H groups in total. The average molecular weight is 306 g/mol. The summed E-state index contributed by atoms with van der Waals surface area (Å²) in [6.45, 7) is 6.17. The van der Waals surface area contributed by atoms with E-state index in [9.17, 15) is 0 Å². The predicted octanol–water partition coefficient (Wildman–Crippen LogP) is 4.16. The van der Waals surface area contributed by atoms with Crippen LogP contribution in [0.2, 0.25) is 0 Å². The van der Waals surface area contributed by atoms with Gasteiger partial charge < -0.3 is 5.32 Å². The summed E-state index contributed by atoms with van der Waals surface area (Å²) in [4.78, 5) is 8.54. The quantitative estimate of drug-likeness (QED) is 0.865.